The first-order chi connectivity index (χ1) is 40.9. The molecule has 0 amide bonds. The Labute approximate surface area is 506 Å². The highest BCUT2D eigenvalue weighted by atomic mass is 16.8. The molecule has 6 aliphatic heterocycles. The van der Waals surface area contributed by atoms with Crippen molar-refractivity contribution in [2.75, 3.05) is 33.0 Å². The van der Waals surface area contributed by atoms with Crippen molar-refractivity contribution in [2.24, 2.45) is 51.2 Å². The van der Waals surface area contributed by atoms with Gasteiger partial charge in [0.05, 0.1) is 56.9 Å². The number of aliphatic hydroxyl groups is 17. The standard InChI is InChI=1S/C60H100O27/c1-56(2)27-9-11-34-58(5,28(27)10-13-35(56)84-53-48(76)45(73)49(32(22-64)82-53)86-54-47(75)43(71)40(68)31(21-63)81-54)16-17-59(6)26(14-15-60(34,59)7)24-8-12-36(57(3,4)77)85-55-50(87-52-38(66)25(18-24)37(65)29(19-61)80-52)44(72)41(69)33(83-55)23-78-51-46(74)42(70)39(67)30(20-62)79-51/h9,24-26,28-55,61-77H,8,10-23H2,1-7H3/t24-,25?,26+,28?,29?,30?,31?,32?,33?,34?,35-,36?,37?,38?,39?,40?,41?,42?,43?,44?,45?,46?,47?,48?,49?,50?,51?,52?,53?,54?,55?,58-,59+,60-/m0/s1. The lowest BCUT2D eigenvalue weighted by Gasteiger charge is -2.66. The fourth-order valence-electron chi connectivity index (χ4n) is 17.9. The summed E-state index contributed by atoms with van der Waals surface area (Å²) in [5.41, 5.74) is -1.60. The summed E-state index contributed by atoms with van der Waals surface area (Å²) < 4.78 is 60.6. The molecule has 0 aromatic heterocycles. The molecule has 27 nitrogen and oxygen atoms in total. The van der Waals surface area contributed by atoms with Crippen molar-refractivity contribution in [2.45, 2.75) is 278 Å². The average Bonchev–Trinajstić information content (AvgIpc) is 1.66. The molecule has 4 aliphatic carbocycles. The van der Waals surface area contributed by atoms with Gasteiger partial charge in [-0.05, 0) is 118 Å². The molecule has 502 valence electrons. The summed E-state index contributed by atoms with van der Waals surface area (Å²) in [6.45, 7) is 11.2. The second-order valence-electron chi connectivity index (χ2n) is 28.8. The molecule has 87 heavy (non-hydrogen) atoms. The van der Waals surface area contributed by atoms with E-state index in [0.717, 1.165) is 38.5 Å². The fraction of sp³-hybridized carbons (Fsp3) is 0.967. The maximum atomic E-state index is 12.3. The molecule has 10 aliphatic rings. The lowest BCUT2D eigenvalue weighted by atomic mass is 9.39. The Balaban J connectivity index is 0.867. The highest BCUT2D eigenvalue weighted by Gasteiger charge is 2.69. The number of allylic oxidation sites excluding steroid dienone is 1. The Bertz CT molecular complexity index is 2320. The van der Waals surface area contributed by atoms with E-state index in [4.69, 9.17) is 47.4 Å². The Morgan fingerprint density at radius 2 is 1.07 bits per heavy atom. The van der Waals surface area contributed by atoms with Gasteiger partial charge in [-0.2, -0.15) is 0 Å². The first kappa shape index (κ1) is 68.5. The average molecular weight is 1250 g/mol. The van der Waals surface area contributed by atoms with Gasteiger partial charge in [-0.15, -0.1) is 0 Å². The smallest absolute Gasteiger partial charge is 0.187 e. The Hall–Kier alpha value is -1.34. The molecular weight excluding hydrogens is 1150 g/mol. The topological polar surface area (TPSA) is 436 Å². The molecular formula is C60H100O27. The van der Waals surface area contributed by atoms with Crippen molar-refractivity contribution < 1.29 is 134 Å². The van der Waals surface area contributed by atoms with E-state index in [-0.39, 0.29) is 52.8 Å². The minimum atomic E-state index is -1.83. The van der Waals surface area contributed by atoms with Crippen LogP contribution in [-0.2, 0) is 47.4 Å². The molecule has 28 unspecified atom stereocenters. The van der Waals surface area contributed by atoms with Gasteiger partial charge in [-0.25, -0.2) is 0 Å². The summed E-state index contributed by atoms with van der Waals surface area (Å²) in [5.74, 6) is -0.723. The third kappa shape index (κ3) is 12.1. The van der Waals surface area contributed by atoms with E-state index in [1.54, 1.807) is 13.8 Å². The van der Waals surface area contributed by atoms with Crippen LogP contribution in [-0.4, -0.2) is 285 Å². The van der Waals surface area contributed by atoms with E-state index in [1.165, 1.54) is 5.57 Å². The number of hydrogen-bond acceptors (Lipinski definition) is 27. The van der Waals surface area contributed by atoms with Crippen LogP contribution >= 0.6 is 0 Å². The van der Waals surface area contributed by atoms with Gasteiger partial charge in [0.1, 0.15) is 110 Å². The molecule has 2 bridgehead atoms. The van der Waals surface area contributed by atoms with Gasteiger partial charge in [-0.3, -0.25) is 0 Å². The minimum Gasteiger partial charge on any atom is -0.394 e. The molecule has 9 fully saturated rings. The van der Waals surface area contributed by atoms with Gasteiger partial charge in [0.2, 0.25) is 0 Å². The number of hydrogen-bond donors (Lipinski definition) is 17. The van der Waals surface area contributed by atoms with Crippen LogP contribution in [0.1, 0.15) is 113 Å². The fourth-order valence-corrected chi connectivity index (χ4v) is 17.9. The zero-order valence-electron chi connectivity index (χ0n) is 50.8. The van der Waals surface area contributed by atoms with Crippen LogP contribution in [0.25, 0.3) is 0 Å². The van der Waals surface area contributed by atoms with Crippen LogP contribution in [0.3, 0.4) is 0 Å². The third-order valence-electron chi connectivity index (χ3n) is 23.4. The Morgan fingerprint density at radius 1 is 0.506 bits per heavy atom. The van der Waals surface area contributed by atoms with Gasteiger partial charge >= 0.3 is 0 Å². The molecule has 0 radical (unpaired) electrons. The van der Waals surface area contributed by atoms with E-state index in [2.05, 4.69) is 40.7 Å². The number of aliphatic hydroxyl groups excluding tert-OH is 16. The Kier molecular flexibility index (Phi) is 20.6. The van der Waals surface area contributed by atoms with Crippen molar-refractivity contribution in [1.29, 1.82) is 0 Å². The lowest BCUT2D eigenvalue weighted by molar-refractivity contribution is -0.379. The van der Waals surface area contributed by atoms with Crippen LogP contribution in [0.4, 0.5) is 0 Å². The summed E-state index contributed by atoms with van der Waals surface area (Å²) in [4.78, 5) is 0. The van der Waals surface area contributed by atoms with Gasteiger partial charge in [0, 0.05) is 11.3 Å². The minimum absolute atomic E-state index is 0.0272. The maximum Gasteiger partial charge on any atom is 0.187 e. The molecule has 0 aromatic carbocycles. The summed E-state index contributed by atoms with van der Waals surface area (Å²) in [6, 6.07) is 0. The van der Waals surface area contributed by atoms with Crippen LogP contribution in [0, 0.1) is 51.2 Å². The first-order valence-corrected chi connectivity index (χ1v) is 31.4. The lowest BCUT2D eigenvalue weighted by Crippen LogP contribution is -2.65. The quantitative estimate of drug-likeness (QED) is 0.0788. The summed E-state index contributed by atoms with van der Waals surface area (Å²) in [5, 5.41) is 186. The summed E-state index contributed by atoms with van der Waals surface area (Å²) in [6.07, 6.45) is -30.6. The van der Waals surface area contributed by atoms with Crippen LogP contribution in [0.5, 0.6) is 0 Å². The Morgan fingerprint density at radius 3 is 1.70 bits per heavy atom. The van der Waals surface area contributed by atoms with Crippen molar-refractivity contribution >= 4 is 0 Å². The summed E-state index contributed by atoms with van der Waals surface area (Å²) >= 11 is 0. The monoisotopic (exact) mass is 1250 g/mol. The molecule has 0 aromatic rings. The van der Waals surface area contributed by atoms with Crippen molar-refractivity contribution in [3.8, 4) is 0 Å². The number of ether oxygens (including phenoxy) is 10. The van der Waals surface area contributed by atoms with E-state index in [1.807, 2.05) is 0 Å². The second-order valence-corrected chi connectivity index (χ2v) is 28.8. The predicted octanol–water partition coefficient (Wildman–Crippen LogP) is -3.74. The number of rotatable bonds is 13. The molecule has 6 heterocycles. The molecule has 0 spiro atoms. The van der Waals surface area contributed by atoms with Crippen molar-refractivity contribution in [3.05, 3.63) is 11.6 Å². The summed E-state index contributed by atoms with van der Waals surface area (Å²) in [7, 11) is 0. The SMILES string of the molecule is CC(C)(O)C1CC[C@H]([C@H]2CC[C@@]3(C)C4CC=C5C(CC[C@H](OC6OC(CO)C(OC7OC(CO)C(O)C(O)C7O)C(O)C6O)C5(C)C)[C@]4(C)CC[C@]23C)CC2C(O)C(CO)OC(OC3C(OC(COC4OC(CO)C(O)C(O)C4O)C(O)C3O)O1)C2O. The highest BCUT2D eigenvalue weighted by Crippen LogP contribution is 2.75. The van der Waals surface area contributed by atoms with E-state index in [9.17, 15) is 86.8 Å². The zero-order chi connectivity index (χ0) is 63.4. The van der Waals surface area contributed by atoms with E-state index < -0.39 is 210 Å². The number of fused-ring (bicyclic) bond motifs is 8. The molecule has 27 heteroatoms. The van der Waals surface area contributed by atoms with Crippen molar-refractivity contribution in [3.63, 3.8) is 0 Å². The first-order valence-electron chi connectivity index (χ1n) is 31.4. The maximum absolute atomic E-state index is 12.3. The van der Waals surface area contributed by atoms with Gasteiger partial charge < -0.3 is 134 Å². The van der Waals surface area contributed by atoms with Gasteiger partial charge in [0.15, 0.2) is 31.5 Å². The molecule has 10 rings (SSSR count). The molecule has 34 atom stereocenters. The zero-order valence-corrected chi connectivity index (χ0v) is 50.8. The molecule has 3 saturated carbocycles. The van der Waals surface area contributed by atoms with Crippen LogP contribution in [0.15, 0.2) is 11.6 Å². The third-order valence-corrected chi connectivity index (χ3v) is 23.4. The predicted molar refractivity (Wildman–Crippen MR) is 295 cm³/mol. The van der Waals surface area contributed by atoms with Crippen LogP contribution in [0.2, 0.25) is 0 Å². The van der Waals surface area contributed by atoms with E-state index >= 15 is 0 Å². The molecule has 17 N–H and O–H groups in total. The van der Waals surface area contributed by atoms with Gasteiger partial charge in [-0.1, -0.05) is 46.3 Å². The van der Waals surface area contributed by atoms with Crippen molar-refractivity contribution in [1.82, 2.24) is 0 Å². The normalized spacial score (nSPS) is 54.0. The largest absolute Gasteiger partial charge is 0.394 e. The molecule has 6 saturated heterocycles. The second kappa shape index (κ2) is 26.1. The van der Waals surface area contributed by atoms with Crippen LogP contribution < -0.4 is 0 Å². The van der Waals surface area contributed by atoms with E-state index in [0.29, 0.717) is 12.8 Å². The van der Waals surface area contributed by atoms with Gasteiger partial charge in [0.25, 0.3) is 0 Å². The highest BCUT2D eigenvalue weighted by molar-refractivity contribution is 5.31.